The molecule has 0 aliphatic carbocycles. The molecule has 210 valence electrons. The number of esters is 1. The molecule has 2 aromatic carbocycles. The first kappa shape index (κ1) is 29.4. The molecular weight excluding hydrogens is 572 g/mol. The number of pyridine rings is 1. The molecule has 4 rings (SSSR count). The quantitative estimate of drug-likeness (QED) is 0.184. The lowest BCUT2D eigenvalue weighted by Gasteiger charge is -2.26. The number of nitrogens with one attached hydrogen (secondary N) is 2. The number of ether oxygens (including phenoxy) is 1. The van der Waals surface area contributed by atoms with Gasteiger partial charge in [-0.15, -0.1) is 0 Å². The van der Waals surface area contributed by atoms with Gasteiger partial charge in [-0.1, -0.05) is 49.4 Å². The highest BCUT2D eigenvalue weighted by atomic mass is 79.9. The molecule has 0 bridgehead atoms. The van der Waals surface area contributed by atoms with Gasteiger partial charge in [-0.05, 0) is 58.1 Å². The summed E-state index contributed by atoms with van der Waals surface area (Å²) in [5, 5.41) is 6.11. The van der Waals surface area contributed by atoms with Crippen molar-refractivity contribution in [1.29, 1.82) is 0 Å². The lowest BCUT2D eigenvalue weighted by atomic mass is 9.94. The van der Waals surface area contributed by atoms with Gasteiger partial charge in [0, 0.05) is 38.2 Å². The summed E-state index contributed by atoms with van der Waals surface area (Å²) in [7, 11) is 0. The van der Waals surface area contributed by atoms with Crippen LogP contribution in [-0.4, -0.2) is 44.0 Å². The first-order valence-electron chi connectivity index (χ1n) is 13.8. The predicted octanol–water partition coefficient (Wildman–Crippen LogP) is 4.12. The first-order valence-corrected chi connectivity index (χ1v) is 14.6. The molecule has 2 heterocycles. The third-order valence-electron chi connectivity index (χ3n) is 6.74. The molecule has 0 spiro atoms. The summed E-state index contributed by atoms with van der Waals surface area (Å²) in [6.07, 6.45) is 6.22. The molecule has 0 radical (unpaired) electrons. The van der Waals surface area contributed by atoms with Crippen LogP contribution in [0, 0.1) is 0 Å². The zero-order chi connectivity index (χ0) is 28.3. The number of benzene rings is 2. The highest BCUT2D eigenvalue weighted by molar-refractivity contribution is 9.10. The number of rotatable bonds is 12. The second kappa shape index (κ2) is 14.7. The van der Waals surface area contributed by atoms with Crippen molar-refractivity contribution >= 4 is 39.4 Å². The van der Waals surface area contributed by atoms with Crippen LogP contribution in [0.3, 0.4) is 0 Å². The van der Waals surface area contributed by atoms with Crippen molar-refractivity contribution < 1.29 is 23.7 Å². The summed E-state index contributed by atoms with van der Waals surface area (Å²) >= 11 is 3.46. The zero-order valence-corrected chi connectivity index (χ0v) is 24.4. The maximum atomic E-state index is 13.2. The van der Waals surface area contributed by atoms with Crippen molar-refractivity contribution in [3.63, 3.8) is 0 Å². The summed E-state index contributed by atoms with van der Waals surface area (Å²) in [5.41, 5.74) is 3.42. The smallest absolute Gasteiger partial charge is 0.327 e. The zero-order valence-electron chi connectivity index (χ0n) is 22.8. The second-order valence-corrected chi connectivity index (χ2v) is 10.6. The Morgan fingerprint density at radius 1 is 1.10 bits per heavy atom. The average Bonchev–Trinajstić information content (AvgIpc) is 2.97. The number of fused-ring (bicyclic) bond motifs is 1. The molecule has 0 saturated carbocycles. The largest absolute Gasteiger partial charge is 0.464 e. The maximum Gasteiger partial charge on any atom is 0.327 e. The third kappa shape index (κ3) is 7.99. The number of carbonyl (C=O) groups excluding carboxylic acids is 3. The van der Waals surface area contributed by atoms with Crippen LogP contribution in [0.1, 0.15) is 53.7 Å². The van der Waals surface area contributed by atoms with Gasteiger partial charge >= 0.3 is 5.97 Å². The molecule has 1 unspecified atom stereocenters. The molecule has 1 aliphatic rings. The van der Waals surface area contributed by atoms with E-state index in [-0.39, 0.29) is 37.4 Å². The van der Waals surface area contributed by atoms with Crippen molar-refractivity contribution in [2.45, 2.75) is 45.2 Å². The second-order valence-electron chi connectivity index (χ2n) is 9.72. The maximum absolute atomic E-state index is 13.2. The van der Waals surface area contributed by atoms with E-state index in [1.807, 2.05) is 71.6 Å². The molecule has 9 heteroatoms. The van der Waals surface area contributed by atoms with Gasteiger partial charge in [0.2, 0.25) is 5.91 Å². The molecule has 3 aromatic rings. The molecule has 2 N–H and O–H groups in total. The van der Waals surface area contributed by atoms with E-state index in [0.717, 1.165) is 47.2 Å². The molecule has 1 aromatic heterocycles. The van der Waals surface area contributed by atoms with Crippen molar-refractivity contribution in [3.8, 4) is 0 Å². The van der Waals surface area contributed by atoms with E-state index in [1.165, 1.54) is 0 Å². The summed E-state index contributed by atoms with van der Waals surface area (Å²) < 4.78 is 8.39. The fourth-order valence-electron chi connectivity index (χ4n) is 4.83. The summed E-state index contributed by atoms with van der Waals surface area (Å²) in [6, 6.07) is 18.6. The molecule has 1 aliphatic heterocycles. The topological polar surface area (TPSA) is 91.6 Å². The fraction of sp³-hybridized carbons (Fsp3) is 0.355. The minimum Gasteiger partial charge on any atom is -0.464 e. The van der Waals surface area contributed by atoms with Crippen molar-refractivity contribution in [3.05, 3.63) is 94.2 Å². The van der Waals surface area contributed by atoms with Crippen LogP contribution in [0.2, 0.25) is 0 Å². The highest BCUT2D eigenvalue weighted by Gasteiger charge is 2.27. The Morgan fingerprint density at radius 3 is 2.67 bits per heavy atom. The molecular formula is C31H36BrN4O4+. The van der Waals surface area contributed by atoms with Crippen molar-refractivity contribution in [2.75, 3.05) is 31.1 Å². The van der Waals surface area contributed by atoms with E-state index in [1.54, 1.807) is 11.0 Å². The predicted molar refractivity (Wildman–Crippen MR) is 157 cm³/mol. The van der Waals surface area contributed by atoms with Gasteiger partial charge in [0.25, 0.3) is 5.91 Å². The molecule has 2 amide bonds. The van der Waals surface area contributed by atoms with E-state index in [4.69, 9.17) is 4.74 Å². The molecule has 8 nitrogen and oxygen atoms in total. The Labute approximate surface area is 243 Å². The number of nitrogens with zero attached hydrogens (tertiary/aromatic N) is 2. The van der Waals surface area contributed by atoms with E-state index in [2.05, 4.69) is 33.5 Å². The van der Waals surface area contributed by atoms with Gasteiger partial charge in [-0.2, -0.15) is 0 Å². The SMILES string of the molecule is CCC[n+]1cc(Br)cc(C(=O)NCCC(=O)N(CCCOC(=O)C2NCCc3ccccc32)c2ccccc2)c1. The number of para-hydroxylation sites is 1. The van der Waals surface area contributed by atoms with Crippen LogP contribution < -0.4 is 20.1 Å². The summed E-state index contributed by atoms with van der Waals surface area (Å²) in [6.45, 7) is 4.42. The molecule has 40 heavy (non-hydrogen) atoms. The molecule has 1 atom stereocenters. The number of halogens is 1. The van der Waals surface area contributed by atoms with Gasteiger partial charge in [-0.25, -0.2) is 9.36 Å². The number of anilines is 1. The minimum absolute atomic E-state index is 0.115. The minimum atomic E-state index is -0.470. The van der Waals surface area contributed by atoms with Crippen LogP contribution in [0.5, 0.6) is 0 Å². The Hall–Kier alpha value is -3.56. The Balaban J connectivity index is 1.29. The molecule has 0 saturated heterocycles. The lowest BCUT2D eigenvalue weighted by molar-refractivity contribution is -0.697. The fourth-order valence-corrected chi connectivity index (χ4v) is 5.34. The van der Waals surface area contributed by atoms with Gasteiger partial charge in [0.1, 0.15) is 18.2 Å². The van der Waals surface area contributed by atoms with Crippen LogP contribution in [-0.2, 0) is 27.3 Å². The normalized spacial score (nSPS) is 14.2. The number of aryl methyl sites for hydroxylation is 1. The van der Waals surface area contributed by atoms with Crippen LogP contribution in [0.15, 0.2) is 77.5 Å². The van der Waals surface area contributed by atoms with Crippen LogP contribution in [0.25, 0.3) is 0 Å². The number of carbonyl (C=O) groups is 3. The van der Waals surface area contributed by atoms with Crippen LogP contribution in [0.4, 0.5) is 5.69 Å². The van der Waals surface area contributed by atoms with E-state index in [0.29, 0.717) is 18.5 Å². The highest BCUT2D eigenvalue weighted by Crippen LogP contribution is 2.24. The third-order valence-corrected chi connectivity index (χ3v) is 7.17. The average molecular weight is 609 g/mol. The Kier molecular flexibility index (Phi) is 10.8. The van der Waals surface area contributed by atoms with Gasteiger partial charge < -0.3 is 20.3 Å². The van der Waals surface area contributed by atoms with Gasteiger partial charge in [-0.3, -0.25) is 9.59 Å². The van der Waals surface area contributed by atoms with Gasteiger partial charge in [0.05, 0.1) is 11.1 Å². The van der Waals surface area contributed by atoms with E-state index in [9.17, 15) is 14.4 Å². The van der Waals surface area contributed by atoms with Crippen molar-refractivity contribution in [1.82, 2.24) is 10.6 Å². The summed E-state index contributed by atoms with van der Waals surface area (Å²) in [4.78, 5) is 40.4. The molecule has 0 fully saturated rings. The lowest BCUT2D eigenvalue weighted by Crippen LogP contribution is -2.38. The first-order chi connectivity index (χ1) is 19.5. The standard InChI is InChI=1S/C31H35BrN4O4/c1-2-17-35-21-24(20-25(32)22-35)30(38)34-16-14-28(37)36(26-10-4-3-5-11-26)18-8-19-40-31(39)29-27-12-7-6-9-23(27)13-15-33-29/h3-7,9-12,20-22,29,33H,2,8,13-19H2,1H3/p+1. The number of aromatic nitrogens is 1. The van der Waals surface area contributed by atoms with E-state index < -0.39 is 6.04 Å². The van der Waals surface area contributed by atoms with Gasteiger partial charge in [0.15, 0.2) is 12.4 Å². The van der Waals surface area contributed by atoms with Crippen LogP contribution >= 0.6 is 15.9 Å². The van der Waals surface area contributed by atoms with Crippen molar-refractivity contribution in [2.24, 2.45) is 0 Å². The van der Waals surface area contributed by atoms with E-state index >= 15 is 0 Å². The Morgan fingerprint density at radius 2 is 1.88 bits per heavy atom. The number of hydrogen-bond donors (Lipinski definition) is 2. The monoisotopic (exact) mass is 607 g/mol. The number of hydrogen-bond acceptors (Lipinski definition) is 5. The summed E-state index contributed by atoms with van der Waals surface area (Å²) in [5.74, 6) is -0.647. The number of amides is 2. The Bertz CT molecular complexity index is 1320.